The first-order chi connectivity index (χ1) is 20.0. The van der Waals surface area contributed by atoms with E-state index in [0.717, 1.165) is 19.4 Å². The zero-order valence-electron chi connectivity index (χ0n) is 21.7. The quantitative estimate of drug-likeness (QED) is 0.316. The molecule has 5 aromatic rings. The minimum absolute atomic E-state index is 0.0755. The van der Waals surface area contributed by atoms with Crippen molar-refractivity contribution in [3.63, 3.8) is 0 Å². The Morgan fingerprint density at radius 2 is 1.95 bits per heavy atom. The molecule has 11 nitrogen and oxygen atoms in total. The molecule has 212 valence electrons. The number of hydrogen-bond acceptors (Lipinski definition) is 8. The van der Waals surface area contributed by atoms with Crippen LogP contribution >= 0.6 is 0 Å². The van der Waals surface area contributed by atoms with Gasteiger partial charge >= 0.3 is 12.1 Å². The Morgan fingerprint density at radius 1 is 1.07 bits per heavy atom. The van der Waals surface area contributed by atoms with Crippen molar-refractivity contribution in [3.8, 4) is 22.6 Å². The topological polar surface area (TPSA) is 120 Å². The number of alkyl halides is 2. The molecule has 2 aliphatic heterocycles. The van der Waals surface area contributed by atoms with Crippen LogP contribution in [-0.4, -0.2) is 71.8 Å². The van der Waals surface area contributed by atoms with Crippen LogP contribution in [0.1, 0.15) is 36.9 Å². The van der Waals surface area contributed by atoms with Gasteiger partial charge in [0.1, 0.15) is 5.82 Å². The predicted octanol–water partition coefficient (Wildman–Crippen LogP) is 3.80. The van der Waals surface area contributed by atoms with E-state index in [9.17, 15) is 13.6 Å². The van der Waals surface area contributed by atoms with Gasteiger partial charge in [-0.15, -0.1) is 10.2 Å². The zero-order chi connectivity index (χ0) is 28.1. The minimum atomic E-state index is -2.87. The van der Waals surface area contributed by atoms with Gasteiger partial charge in [-0.2, -0.15) is 13.9 Å². The normalized spacial score (nSPS) is 18.4. The summed E-state index contributed by atoms with van der Waals surface area (Å²) in [5.74, 6) is -1.33. The number of ether oxygens (including phenoxy) is 1. The first-order valence-corrected chi connectivity index (χ1v) is 13.3. The van der Waals surface area contributed by atoms with Crippen molar-refractivity contribution >= 4 is 11.0 Å². The Balaban J connectivity index is 1.27. The first-order valence-electron chi connectivity index (χ1n) is 13.3. The molecule has 0 spiro atoms. The molecule has 14 heteroatoms. The third-order valence-electron chi connectivity index (χ3n) is 7.81. The minimum Gasteiger partial charge on any atom is -0.415 e. The van der Waals surface area contributed by atoms with Crippen LogP contribution in [-0.2, 0) is 11.3 Å². The first kappa shape index (κ1) is 25.7. The molecular formula is C27H25F3N8O3. The molecule has 0 amide bonds. The summed E-state index contributed by atoms with van der Waals surface area (Å²) < 4.78 is 54.8. The number of H-pyrrole nitrogens is 1. The van der Waals surface area contributed by atoms with Gasteiger partial charge in [0.25, 0.3) is 5.89 Å². The van der Waals surface area contributed by atoms with Crippen molar-refractivity contribution in [1.29, 1.82) is 0 Å². The van der Waals surface area contributed by atoms with E-state index in [1.165, 1.54) is 16.8 Å². The summed E-state index contributed by atoms with van der Waals surface area (Å²) in [7, 11) is 0. The van der Waals surface area contributed by atoms with E-state index >= 15 is 4.39 Å². The highest BCUT2D eigenvalue weighted by Gasteiger charge is 2.33. The highest BCUT2D eigenvalue weighted by atomic mass is 19.3. The van der Waals surface area contributed by atoms with Crippen LogP contribution in [0.3, 0.4) is 0 Å². The van der Waals surface area contributed by atoms with Gasteiger partial charge in [-0.05, 0) is 37.6 Å². The van der Waals surface area contributed by atoms with Crippen LogP contribution in [0, 0.1) is 5.82 Å². The van der Waals surface area contributed by atoms with Crippen LogP contribution in [0.5, 0.6) is 0 Å². The maximum absolute atomic E-state index is 15.4. The van der Waals surface area contributed by atoms with E-state index in [-0.39, 0.29) is 24.2 Å². The van der Waals surface area contributed by atoms with Gasteiger partial charge in [0.2, 0.25) is 5.89 Å². The molecule has 2 aliphatic rings. The van der Waals surface area contributed by atoms with Crippen molar-refractivity contribution < 1.29 is 22.3 Å². The lowest BCUT2D eigenvalue weighted by Crippen LogP contribution is -2.53. The summed E-state index contributed by atoms with van der Waals surface area (Å²) in [6, 6.07) is 6.60. The fourth-order valence-electron chi connectivity index (χ4n) is 5.63. The van der Waals surface area contributed by atoms with E-state index < -0.39 is 18.1 Å². The molecule has 0 saturated carbocycles. The molecule has 1 atom stereocenters. The smallest absolute Gasteiger partial charge is 0.329 e. The molecule has 0 aliphatic carbocycles. The summed E-state index contributed by atoms with van der Waals surface area (Å²) in [5, 5.41) is 13.6. The third kappa shape index (κ3) is 4.62. The van der Waals surface area contributed by atoms with E-state index in [4.69, 9.17) is 9.15 Å². The third-order valence-corrected chi connectivity index (χ3v) is 7.81. The Bertz CT molecular complexity index is 1740. The van der Waals surface area contributed by atoms with Gasteiger partial charge in [-0.1, -0.05) is 0 Å². The molecule has 0 bridgehead atoms. The van der Waals surface area contributed by atoms with Crippen LogP contribution in [0.25, 0.3) is 33.6 Å². The van der Waals surface area contributed by atoms with E-state index in [1.54, 1.807) is 35.2 Å². The number of halogens is 3. The van der Waals surface area contributed by atoms with Gasteiger partial charge in [0.15, 0.2) is 0 Å². The molecule has 0 radical (unpaired) electrons. The Labute approximate surface area is 230 Å². The lowest BCUT2D eigenvalue weighted by atomic mass is 10.0. The highest BCUT2D eigenvalue weighted by molar-refractivity contribution is 5.83. The number of nitrogens with zero attached hydrogens (tertiary/aromatic N) is 7. The number of likely N-dealkylation sites (tertiary alicyclic amines) is 1. The van der Waals surface area contributed by atoms with E-state index in [1.807, 2.05) is 0 Å². The standard InChI is InChI=1S/C27H25F3N8O3/c28-21-7-22-23(6-20(21)16-9-32-33-10-16)38(18-2-1-5-36(12-18)19-13-40-14-19)27(39)37(22)11-17-4-3-15(8-31-17)25-34-35-26(41-25)24(29)30/h3-4,6-10,18-19,24H,1-2,5,11-14H2,(H,32,33). The number of aromatic amines is 1. The van der Waals surface area contributed by atoms with Crippen molar-refractivity contribution in [2.24, 2.45) is 0 Å². The van der Waals surface area contributed by atoms with Crippen molar-refractivity contribution in [1.82, 2.24) is 39.4 Å². The van der Waals surface area contributed by atoms with Gasteiger partial charge < -0.3 is 9.15 Å². The van der Waals surface area contributed by atoms with Crippen molar-refractivity contribution in [2.45, 2.75) is 37.9 Å². The number of aromatic nitrogens is 7. The Kier molecular flexibility index (Phi) is 6.43. The van der Waals surface area contributed by atoms with E-state index in [0.29, 0.717) is 59.2 Å². The number of pyridine rings is 1. The maximum atomic E-state index is 15.4. The summed E-state index contributed by atoms with van der Waals surface area (Å²) in [5.41, 5.74) is 2.63. The largest absolute Gasteiger partial charge is 0.415 e. The predicted molar refractivity (Wildman–Crippen MR) is 140 cm³/mol. The van der Waals surface area contributed by atoms with Crippen LogP contribution in [0.15, 0.2) is 52.1 Å². The summed E-state index contributed by atoms with van der Waals surface area (Å²) >= 11 is 0. The molecule has 1 unspecified atom stereocenters. The second-order valence-corrected chi connectivity index (χ2v) is 10.3. The van der Waals surface area contributed by atoms with Crippen LogP contribution in [0.4, 0.5) is 13.2 Å². The lowest BCUT2D eigenvalue weighted by Gasteiger charge is -2.42. The van der Waals surface area contributed by atoms with Crippen molar-refractivity contribution in [2.75, 3.05) is 26.3 Å². The fraction of sp³-hybridized carbons (Fsp3) is 0.370. The molecule has 7 rings (SSSR count). The van der Waals surface area contributed by atoms with Gasteiger partial charge in [-0.25, -0.2) is 9.18 Å². The fourth-order valence-corrected chi connectivity index (χ4v) is 5.63. The number of benzene rings is 1. The highest BCUT2D eigenvalue weighted by Crippen LogP contribution is 2.32. The SMILES string of the molecule is O=c1n(Cc2ccc(-c3nnc(C(F)F)o3)cn2)c2cc(F)c(-c3cn[nH]c3)cc2n1C1CCCN(C2COC2)C1. The number of rotatable bonds is 7. The van der Waals surface area contributed by atoms with Gasteiger partial charge in [-0.3, -0.25) is 24.1 Å². The Hall–Kier alpha value is -4.30. The molecule has 41 heavy (non-hydrogen) atoms. The molecule has 2 saturated heterocycles. The average molecular weight is 567 g/mol. The summed E-state index contributed by atoms with van der Waals surface area (Å²) in [6.45, 7) is 3.10. The number of hydrogen-bond donors (Lipinski definition) is 1. The molecule has 1 aromatic carbocycles. The van der Waals surface area contributed by atoms with E-state index in [2.05, 4.69) is 30.3 Å². The molecule has 2 fully saturated rings. The summed E-state index contributed by atoms with van der Waals surface area (Å²) in [4.78, 5) is 20.8. The maximum Gasteiger partial charge on any atom is 0.329 e. The monoisotopic (exact) mass is 566 g/mol. The molecule has 1 N–H and O–H groups in total. The molecular weight excluding hydrogens is 541 g/mol. The summed E-state index contributed by atoms with van der Waals surface area (Å²) in [6.07, 6.45) is 3.45. The molecule has 6 heterocycles. The second kappa shape index (κ2) is 10.3. The van der Waals surface area contributed by atoms with Crippen molar-refractivity contribution in [3.05, 3.63) is 70.7 Å². The number of nitrogens with one attached hydrogen (secondary N) is 1. The second-order valence-electron chi connectivity index (χ2n) is 10.3. The van der Waals surface area contributed by atoms with Crippen LogP contribution in [0.2, 0.25) is 0 Å². The zero-order valence-corrected chi connectivity index (χ0v) is 21.7. The van der Waals surface area contributed by atoms with Gasteiger partial charge in [0.05, 0.1) is 60.3 Å². The number of imidazole rings is 1. The Morgan fingerprint density at radius 3 is 2.63 bits per heavy atom. The number of piperidine rings is 1. The molecule has 4 aromatic heterocycles. The van der Waals surface area contributed by atoms with Crippen LogP contribution < -0.4 is 5.69 Å². The van der Waals surface area contributed by atoms with Gasteiger partial charge in [0, 0.05) is 36.1 Å². The number of fused-ring (bicyclic) bond motifs is 1. The lowest BCUT2D eigenvalue weighted by molar-refractivity contribution is -0.0751. The average Bonchev–Trinajstić information content (AvgIpc) is 3.69.